The third-order valence-corrected chi connectivity index (χ3v) is 3.53. The molecule has 3 rings (SSSR count). The lowest BCUT2D eigenvalue weighted by atomic mass is 10.2. The van der Waals surface area contributed by atoms with Gasteiger partial charge in [0.15, 0.2) is 0 Å². The number of benzene rings is 1. The quantitative estimate of drug-likeness (QED) is 0.625. The Hall–Kier alpha value is -3.55. The molecule has 0 aliphatic heterocycles. The van der Waals surface area contributed by atoms with Gasteiger partial charge in [-0.2, -0.15) is 4.98 Å². The molecule has 2 aromatic heterocycles. The summed E-state index contributed by atoms with van der Waals surface area (Å²) in [5.41, 5.74) is 2.73. The van der Waals surface area contributed by atoms with E-state index in [2.05, 4.69) is 25.6 Å². The molecule has 26 heavy (non-hydrogen) atoms. The Bertz CT molecular complexity index is 934. The highest BCUT2D eigenvalue weighted by molar-refractivity contribution is 5.73. The minimum Gasteiger partial charge on any atom is -0.480 e. The Kier molecular flexibility index (Phi) is 5.02. The van der Waals surface area contributed by atoms with Crippen molar-refractivity contribution in [3.05, 3.63) is 60.2 Å². The first kappa shape index (κ1) is 17.3. The first-order valence-corrected chi connectivity index (χ1v) is 7.79. The van der Waals surface area contributed by atoms with Crippen molar-refractivity contribution >= 4 is 23.4 Å². The highest BCUT2D eigenvalue weighted by Gasteiger charge is 2.09. The van der Waals surface area contributed by atoms with Crippen LogP contribution in [-0.2, 0) is 4.79 Å². The van der Waals surface area contributed by atoms with Crippen LogP contribution in [0.2, 0.25) is 0 Å². The zero-order valence-corrected chi connectivity index (χ0v) is 13.9. The number of carbonyl (C=O) groups is 1. The molecule has 7 nitrogen and oxygen atoms in total. The average Bonchev–Trinajstić information content (AvgIpc) is 2.63. The number of hydrogen-bond acceptors (Lipinski definition) is 6. The molecule has 0 bridgehead atoms. The molecule has 0 saturated carbocycles. The van der Waals surface area contributed by atoms with Gasteiger partial charge in [-0.1, -0.05) is 0 Å². The van der Waals surface area contributed by atoms with Gasteiger partial charge < -0.3 is 15.7 Å². The van der Waals surface area contributed by atoms with E-state index in [4.69, 9.17) is 5.11 Å². The van der Waals surface area contributed by atoms with Gasteiger partial charge in [0.1, 0.15) is 18.2 Å². The van der Waals surface area contributed by atoms with E-state index in [-0.39, 0.29) is 18.3 Å². The van der Waals surface area contributed by atoms with E-state index in [1.54, 1.807) is 37.5 Å². The second kappa shape index (κ2) is 7.56. The van der Waals surface area contributed by atoms with E-state index in [1.165, 1.54) is 12.1 Å². The number of pyridine rings is 1. The summed E-state index contributed by atoms with van der Waals surface area (Å²) < 4.78 is 13.3. The van der Waals surface area contributed by atoms with Gasteiger partial charge in [0.05, 0.1) is 5.69 Å². The second-order valence-electron chi connectivity index (χ2n) is 5.54. The van der Waals surface area contributed by atoms with Gasteiger partial charge in [-0.3, -0.25) is 9.78 Å². The van der Waals surface area contributed by atoms with Crippen molar-refractivity contribution in [2.45, 2.75) is 6.92 Å². The number of hydrogen-bond donors (Lipinski definition) is 3. The fraction of sp³-hybridized carbons (Fsp3) is 0.111. The van der Waals surface area contributed by atoms with Crippen molar-refractivity contribution in [2.75, 3.05) is 17.2 Å². The molecule has 0 aliphatic carbocycles. The van der Waals surface area contributed by atoms with Crippen molar-refractivity contribution in [3.8, 4) is 11.3 Å². The Morgan fingerprint density at radius 3 is 2.77 bits per heavy atom. The van der Waals surface area contributed by atoms with E-state index in [1.807, 2.05) is 6.07 Å². The van der Waals surface area contributed by atoms with E-state index in [9.17, 15) is 9.18 Å². The molecule has 0 saturated heterocycles. The molecule has 0 aliphatic rings. The Morgan fingerprint density at radius 1 is 1.23 bits per heavy atom. The van der Waals surface area contributed by atoms with Gasteiger partial charge in [-0.05, 0) is 42.8 Å². The lowest BCUT2D eigenvalue weighted by Crippen LogP contribution is -2.15. The first-order chi connectivity index (χ1) is 12.5. The lowest BCUT2D eigenvalue weighted by molar-refractivity contribution is -0.134. The Balaban J connectivity index is 1.97. The number of carboxylic acids is 1. The standard InChI is InChI=1S/C18H16FN5O2/c1-11-7-13(19)4-5-14(11)22-16-8-15(12-3-2-6-20-9-12)23-18(24-16)21-10-17(25)26/h2-9H,10H2,1H3,(H,25,26)(H2,21,22,23,24). The third-order valence-electron chi connectivity index (χ3n) is 3.53. The lowest BCUT2D eigenvalue weighted by Gasteiger charge is -2.12. The maximum Gasteiger partial charge on any atom is 0.322 e. The van der Waals surface area contributed by atoms with Crippen molar-refractivity contribution in [1.82, 2.24) is 15.0 Å². The van der Waals surface area contributed by atoms with Gasteiger partial charge in [-0.15, -0.1) is 0 Å². The van der Waals surface area contributed by atoms with Gasteiger partial charge in [0.25, 0.3) is 0 Å². The molecule has 8 heteroatoms. The third kappa shape index (κ3) is 4.29. The van der Waals surface area contributed by atoms with Crippen LogP contribution >= 0.6 is 0 Å². The normalized spacial score (nSPS) is 10.4. The average molecular weight is 353 g/mol. The number of nitrogens with one attached hydrogen (secondary N) is 2. The molecular formula is C18H16FN5O2. The molecule has 0 atom stereocenters. The van der Waals surface area contributed by atoms with Gasteiger partial charge in [-0.25, -0.2) is 9.37 Å². The zero-order chi connectivity index (χ0) is 18.5. The zero-order valence-electron chi connectivity index (χ0n) is 13.9. The summed E-state index contributed by atoms with van der Waals surface area (Å²) in [6, 6.07) is 9.70. The number of anilines is 3. The van der Waals surface area contributed by atoms with Crippen LogP contribution in [0, 0.1) is 12.7 Å². The monoisotopic (exact) mass is 353 g/mol. The highest BCUT2D eigenvalue weighted by atomic mass is 19.1. The molecular weight excluding hydrogens is 337 g/mol. The van der Waals surface area contributed by atoms with E-state index >= 15 is 0 Å². The molecule has 0 radical (unpaired) electrons. The van der Waals surface area contributed by atoms with Crippen LogP contribution in [-0.4, -0.2) is 32.6 Å². The Labute approximate surface area is 149 Å². The number of nitrogens with zero attached hydrogens (tertiary/aromatic N) is 3. The number of halogens is 1. The SMILES string of the molecule is Cc1cc(F)ccc1Nc1cc(-c2cccnc2)nc(NCC(=O)O)n1. The summed E-state index contributed by atoms with van der Waals surface area (Å²) >= 11 is 0. The minimum absolute atomic E-state index is 0.163. The predicted molar refractivity (Wildman–Crippen MR) is 95.8 cm³/mol. The highest BCUT2D eigenvalue weighted by Crippen LogP contribution is 2.25. The molecule has 0 amide bonds. The number of rotatable bonds is 6. The van der Waals surface area contributed by atoms with Gasteiger partial charge in [0.2, 0.25) is 5.95 Å². The summed E-state index contributed by atoms with van der Waals surface area (Å²) in [7, 11) is 0. The predicted octanol–water partition coefficient (Wildman–Crippen LogP) is 3.23. The smallest absolute Gasteiger partial charge is 0.322 e. The minimum atomic E-state index is -1.02. The molecule has 3 N–H and O–H groups in total. The summed E-state index contributed by atoms with van der Waals surface area (Å²) in [5, 5.41) is 14.6. The van der Waals surface area contributed by atoms with Crippen molar-refractivity contribution in [2.24, 2.45) is 0 Å². The van der Waals surface area contributed by atoms with Crippen LogP contribution in [0.15, 0.2) is 48.8 Å². The van der Waals surface area contributed by atoms with Crippen LogP contribution < -0.4 is 10.6 Å². The fourth-order valence-corrected chi connectivity index (χ4v) is 2.31. The van der Waals surface area contributed by atoms with Crippen LogP contribution in [0.5, 0.6) is 0 Å². The number of aromatic nitrogens is 3. The number of carboxylic acid groups (broad SMARTS) is 1. The van der Waals surface area contributed by atoms with Gasteiger partial charge >= 0.3 is 5.97 Å². The topological polar surface area (TPSA) is 100 Å². The van der Waals surface area contributed by atoms with Crippen LogP contribution in [0.1, 0.15) is 5.56 Å². The van der Waals surface area contributed by atoms with Crippen molar-refractivity contribution < 1.29 is 14.3 Å². The molecule has 132 valence electrons. The summed E-state index contributed by atoms with van der Waals surface area (Å²) in [6.45, 7) is 1.46. The summed E-state index contributed by atoms with van der Waals surface area (Å²) in [6.07, 6.45) is 3.30. The molecule has 1 aromatic carbocycles. The second-order valence-corrected chi connectivity index (χ2v) is 5.54. The van der Waals surface area contributed by atoms with Crippen LogP contribution in [0.3, 0.4) is 0 Å². The summed E-state index contributed by atoms with van der Waals surface area (Å²) in [5.74, 6) is -0.739. The van der Waals surface area contributed by atoms with Crippen LogP contribution in [0.25, 0.3) is 11.3 Å². The summed E-state index contributed by atoms with van der Waals surface area (Å²) in [4.78, 5) is 23.5. The van der Waals surface area contributed by atoms with Crippen LogP contribution in [0.4, 0.5) is 21.8 Å². The van der Waals surface area contributed by atoms with E-state index < -0.39 is 5.97 Å². The van der Waals surface area contributed by atoms with Crippen molar-refractivity contribution in [1.29, 1.82) is 0 Å². The van der Waals surface area contributed by atoms with E-state index in [0.29, 0.717) is 22.8 Å². The molecule has 3 aromatic rings. The molecule has 0 unspecified atom stereocenters. The largest absolute Gasteiger partial charge is 0.480 e. The Morgan fingerprint density at radius 2 is 2.08 bits per heavy atom. The van der Waals surface area contributed by atoms with Crippen molar-refractivity contribution in [3.63, 3.8) is 0 Å². The maximum atomic E-state index is 13.3. The first-order valence-electron chi connectivity index (χ1n) is 7.79. The number of aliphatic carboxylic acids is 1. The van der Waals surface area contributed by atoms with E-state index in [0.717, 1.165) is 5.56 Å². The maximum absolute atomic E-state index is 13.3. The van der Waals surface area contributed by atoms with Gasteiger partial charge in [0, 0.05) is 29.7 Å². The fourth-order valence-electron chi connectivity index (χ4n) is 2.31. The number of aryl methyl sites for hydroxylation is 1. The molecule has 0 fully saturated rings. The molecule has 0 spiro atoms. The molecule has 2 heterocycles.